The Balaban J connectivity index is 1.42. The number of amides is 2. The molecule has 7 nitrogen and oxygen atoms in total. The molecule has 3 aromatic carbocycles. The van der Waals surface area contributed by atoms with E-state index in [0.29, 0.717) is 18.9 Å². The lowest BCUT2D eigenvalue weighted by Gasteiger charge is -2.11. The van der Waals surface area contributed by atoms with Crippen LogP contribution in [0, 0.1) is 0 Å². The zero-order valence-electron chi connectivity index (χ0n) is 18.5. The van der Waals surface area contributed by atoms with Gasteiger partial charge in [0.05, 0.1) is 24.6 Å². The molecule has 2 amide bonds. The Labute approximate surface area is 192 Å². The van der Waals surface area contributed by atoms with Crippen LogP contribution >= 0.6 is 0 Å². The van der Waals surface area contributed by atoms with E-state index in [1.165, 1.54) is 0 Å². The van der Waals surface area contributed by atoms with Crippen molar-refractivity contribution in [3.8, 4) is 5.75 Å². The van der Waals surface area contributed by atoms with E-state index in [9.17, 15) is 9.59 Å². The van der Waals surface area contributed by atoms with E-state index in [1.54, 1.807) is 11.7 Å². The highest BCUT2D eigenvalue weighted by Gasteiger charge is 2.16. The molecule has 0 atom stereocenters. The Hall–Kier alpha value is -4.13. The normalized spacial score (nSPS) is 10.7. The zero-order valence-corrected chi connectivity index (χ0v) is 18.5. The minimum atomic E-state index is -0.153. The average molecular weight is 443 g/mol. The first-order chi connectivity index (χ1) is 16.1. The van der Waals surface area contributed by atoms with Crippen molar-refractivity contribution in [2.75, 3.05) is 7.11 Å². The number of methoxy groups -OCH3 is 1. The summed E-state index contributed by atoms with van der Waals surface area (Å²) in [6.45, 7) is 0.933. The molecule has 33 heavy (non-hydrogen) atoms. The molecular formula is C26H26N4O3. The van der Waals surface area contributed by atoms with Crippen molar-refractivity contribution in [3.63, 3.8) is 0 Å². The molecule has 0 saturated carbocycles. The second-order valence-corrected chi connectivity index (χ2v) is 7.67. The molecule has 0 bridgehead atoms. The van der Waals surface area contributed by atoms with E-state index >= 15 is 0 Å². The molecule has 0 aliphatic rings. The van der Waals surface area contributed by atoms with Crippen LogP contribution in [-0.2, 0) is 35.6 Å². The number of carbonyl (C=O) groups is 2. The van der Waals surface area contributed by atoms with Crippen LogP contribution in [0.25, 0.3) is 11.0 Å². The fourth-order valence-corrected chi connectivity index (χ4v) is 3.58. The molecule has 0 aliphatic heterocycles. The number of benzene rings is 3. The van der Waals surface area contributed by atoms with Gasteiger partial charge in [-0.25, -0.2) is 4.98 Å². The smallest absolute Gasteiger partial charge is 0.240 e. The van der Waals surface area contributed by atoms with Crippen LogP contribution in [0.2, 0.25) is 0 Å². The Kier molecular flexibility index (Phi) is 6.99. The first kappa shape index (κ1) is 22.1. The van der Waals surface area contributed by atoms with Crippen LogP contribution in [0.5, 0.6) is 5.75 Å². The molecule has 4 rings (SSSR count). The highest BCUT2D eigenvalue weighted by atomic mass is 16.5. The highest BCUT2D eigenvalue weighted by Crippen LogP contribution is 2.17. The number of rotatable bonds is 9. The van der Waals surface area contributed by atoms with Gasteiger partial charge in [-0.05, 0) is 35.4 Å². The van der Waals surface area contributed by atoms with Gasteiger partial charge < -0.3 is 19.9 Å². The number of aromatic nitrogens is 2. The number of carbonyl (C=O) groups excluding carboxylic acids is 2. The molecule has 0 spiro atoms. The van der Waals surface area contributed by atoms with E-state index in [0.717, 1.165) is 27.9 Å². The third-order valence-corrected chi connectivity index (χ3v) is 5.34. The Morgan fingerprint density at radius 1 is 0.818 bits per heavy atom. The van der Waals surface area contributed by atoms with Crippen LogP contribution in [0.1, 0.15) is 17.0 Å². The summed E-state index contributed by atoms with van der Waals surface area (Å²) in [7, 11) is 1.62. The maximum Gasteiger partial charge on any atom is 0.240 e. The van der Waals surface area contributed by atoms with Crippen molar-refractivity contribution in [1.82, 2.24) is 20.2 Å². The number of fused-ring (bicyclic) bond motifs is 1. The van der Waals surface area contributed by atoms with E-state index in [-0.39, 0.29) is 24.8 Å². The van der Waals surface area contributed by atoms with Crippen LogP contribution < -0.4 is 15.4 Å². The summed E-state index contributed by atoms with van der Waals surface area (Å²) >= 11 is 0. The van der Waals surface area contributed by atoms with Gasteiger partial charge in [-0.2, -0.15) is 0 Å². The van der Waals surface area contributed by atoms with Crippen LogP contribution in [0.15, 0.2) is 78.9 Å². The van der Waals surface area contributed by atoms with Gasteiger partial charge in [0.1, 0.15) is 18.1 Å². The summed E-state index contributed by atoms with van der Waals surface area (Å²) in [5.41, 5.74) is 3.58. The van der Waals surface area contributed by atoms with Gasteiger partial charge in [-0.1, -0.05) is 54.6 Å². The number of hydrogen-bond donors (Lipinski definition) is 2. The molecule has 1 heterocycles. The quantitative estimate of drug-likeness (QED) is 0.417. The molecule has 168 valence electrons. The van der Waals surface area contributed by atoms with Gasteiger partial charge >= 0.3 is 0 Å². The molecule has 0 aliphatic carbocycles. The van der Waals surface area contributed by atoms with Gasteiger partial charge in [0.25, 0.3) is 0 Å². The lowest BCUT2D eigenvalue weighted by Crippen LogP contribution is -2.29. The predicted octanol–water partition coefficient (Wildman–Crippen LogP) is 3.22. The van der Waals surface area contributed by atoms with E-state index in [4.69, 9.17) is 4.74 Å². The fourth-order valence-electron chi connectivity index (χ4n) is 3.58. The summed E-state index contributed by atoms with van der Waals surface area (Å²) in [5.74, 6) is 1.03. The summed E-state index contributed by atoms with van der Waals surface area (Å²) in [6, 6.07) is 24.8. The number of nitrogens with zero attached hydrogens (tertiary/aromatic N) is 2. The number of imidazole rings is 1. The Bertz CT molecular complexity index is 1230. The monoisotopic (exact) mass is 442 g/mol. The number of hydrogen-bond acceptors (Lipinski definition) is 4. The molecule has 0 fully saturated rings. The lowest BCUT2D eigenvalue weighted by molar-refractivity contribution is -0.122. The summed E-state index contributed by atoms with van der Waals surface area (Å²) in [4.78, 5) is 29.9. The second kappa shape index (κ2) is 10.5. The number of nitrogens with one attached hydrogen (secondary N) is 2. The topological polar surface area (TPSA) is 85.2 Å². The van der Waals surface area contributed by atoms with Gasteiger partial charge in [0.2, 0.25) is 11.8 Å². The molecular weight excluding hydrogens is 416 g/mol. The van der Waals surface area contributed by atoms with Gasteiger partial charge in [-0.15, -0.1) is 0 Å². The molecule has 4 aromatic rings. The summed E-state index contributed by atoms with van der Waals surface area (Å²) in [5, 5.41) is 5.86. The third-order valence-electron chi connectivity index (χ3n) is 5.34. The largest absolute Gasteiger partial charge is 0.497 e. The average Bonchev–Trinajstić information content (AvgIpc) is 3.19. The first-order valence-corrected chi connectivity index (χ1v) is 10.8. The minimum absolute atomic E-state index is 0.0813. The zero-order chi connectivity index (χ0) is 23.0. The van der Waals surface area contributed by atoms with Crippen molar-refractivity contribution in [2.45, 2.75) is 26.1 Å². The van der Waals surface area contributed by atoms with Crippen LogP contribution in [-0.4, -0.2) is 28.5 Å². The van der Waals surface area contributed by atoms with Crippen molar-refractivity contribution < 1.29 is 14.3 Å². The van der Waals surface area contributed by atoms with Gasteiger partial charge in [0.15, 0.2) is 0 Å². The molecule has 2 N–H and O–H groups in total. The SMILES string of the molecule is COc1ccc(CNC(=O)Cn2c(CC(=O)NCc3ccccc3)nc3ccccc32)cc1. The Morgan fingerprint density at radius 3 is 2.18 bits per heavy atom. The lowest BCUT2D eigenvalue weighted by atomic mass is 10.2. The fraction of sp³-hybridized carbons (Fsp3) is 0.192. The van der Waals surface area contributed by atoms with Crippen LogP contribution in [0.3, 0.4) is 0 Å². The maximum atomic E-state index is 12.7. The van der Waals surface area contributed by atoms with E-state index < -0.39 is 0 Å². The molecule has 0 saturated heterocycles. The maximum absolute atomic E-state index is 12.7. The van der Waals surface area contributed by atoms with E-state index in [2.05, 4.69) is 15.6 Å². The second-order valence-electron chi connectivity index (χ2n) is 7.67. The van der Waals surface area contributed by atoms with Gasteiger partial charge in [0, 0.05) is 13.1 Å². The van der Waals surface area contributed by atoms with Crippen molar-refractivity contribution >= 4 is 22.8 Å². The van der Waals surface area contributed by atoms with Crippen molar-refractivity contribution in [3.05, 3.63) is 95.8 Å². The standard InChI is InChI=1S/C26H26N4O3/c1-33-21-13-11-20(12-14-21)17-28-26(32)18-30-23-10-6-5-9-22(23)29-24(30)15-25(31)27-16-19-7-3-2-4-8-19/h2-14H,15-18H2,1H3,(H,27,31)(H,28,32). The summed E-state index contributed by atoms with van der Waals surface area (Å²) in [6.07, 6.45) is 0.0905. The number of para-hydroxylation sites is 2. The minimum Gasteiger partial charge on any atom is -0.497 e. The Morgan fingerprint density at radius 2 is 1.45 bits per heavy atom. The molecule has 1 aromatic heterocycles. The molecule has 0 unspecified atom stereocenters. The van der Waals surface area contributed by atoms with Crippen molar-refractivity contribution in [1.29, 1.82) is 0 Å². The van der Waals surface area contributed by atoms with E-state index in [1.807, 2.05) is 78.9 Å². The predicted molar refractivity (Wildman–Crippen MR) is 127 cm³/mol. The highest BCUT2D eigenvalue weighted by molar-refractivity contribution is 5.83. The van der Waals surface area contributed by atoms with Crippen molar-refractivity contribution in [2.24, 2.45) is 0 Å². The summed E-state index contributed by atoms with van der Waals surface area (Å²) < 4.78 is 6.97. The molecule has 0 radical (unpaired) electrons. The first-order valence-electron chi connectivity index (χ1n) is 10.8. The number of ether oxygens (including phenoxy) is 1. The van der Waals surface area contributed by atoms with Gasteiger partial charge in [-0.3, -0.25) is 9.59 Å². The molecule has 7 heteroatoms. The van der Waals surface area contributed by atoms with Crippen LogP contribution in [0.4, 0.5) is 0 Å². The third kappa shape index (κ3) is 5.77.